The van der Waals surface area contributed by atoms with Gasteiger partial charge in [-0.05, 0) is 25.0 Å². The number of carbonyl (C=O) groups excluding carboxylic acids is 1. The lowest BCUT2D eigenvalue weighted by Crippen LogP contribution is -2.19. The molecule has 1 fully saturated rings. The van der Waals surface area contributed by atoms with Crippen molar-refractivity contribution in [1.29, 1.82) is 0 Å². The van der Waals surface area contributed by atoms with Crippen LogP contribution in [0.5, 0.6) is 0 Å². The van der Waals surface area contributed by atoms with Gasteiger partial charge in [-0.1, -0.05) is 12.8 Å². The first-order valence-corrected chi connectivity index (χ1v) is 6.39. The molecule has 0 heterocycles. The van der Waals surface area contributed by atoms with Crippen molar-refractivity contribution in [2.24, 2.45) is 0 Å². The third-order valence-corrected chi connectivity index (χ3v) is 3.40. The van der Waals surface area contributed by atoms with Crippen molar-refractivity contribution in [1.82, 2.24) is 5.32 Å². The zero-order valence-corrected chi connectivity index (χ0v) is 10.8. The molecule has 2 N–H and O–H groups in total. The van der Waals surface area contributed by atoms with E-state index in [9.17, 15) is 14.9 Å². The van der Waals surface area contributed by atoms with E-state index in [-0.39, 0.29) is 11.6 Å². The van der Waals surface area contributed by atoms with Crippen LogP contribution in [0.15, 0.2) is 18.2 Å². The van der Waals surface area contributed by atoms with Gasteiger partial charge in [-0.3, -0.25) is 14.9 Å². The second-order valence-electron chi connectivity index (χ2n) is 4.69. The van der Waals surface area contributed by atoms with Crippen molar-refractivity contribution < 1.29 is 9.72 Å². The van der Waals surface area contributed by atoms with Crippen LogP contribution in [0.1, 0.15) is 36.0 Å². The van der Waals surface area contributed by atoms with Gasteiger partial charge in [0.25, 0.3) is 11.6 Å². The van der Waals surface area contributed by atoms with E-state index in [1.807, 2.05) is 0 Å². The third kappa shape index (κ3) is 3.01. The minimum atomic E-state index is -0.455. The molecule has 0 bridgehead atoms. The van der Waals surface area contributed by atoms with Gasteiger partial charge in [0.1, 0.15) is 5.69 Å². The van der Waals surface area contributed by atoms with Crippen molar-refractivity contribution in [2.45, 2.75) is 31.7 Å². The Morgan fingerprint density at radius 3 is 2.63 bits per heavy atom. The fraction of sp³-hybridized carbons (Fsp3) is 0.462. The van der Waals surface area contributed by atoms with Gasteiger partial charge in [0.2, 0.25) is 0 Å². The van der Waals surface area contributed by atoms with Gasteiger partial charge >= 0.3 is 0 Å². The second-order valence-corrected chi connectivity index (χ2v) is 4.69. The first kappa shape index (κ1) is 13.3. The summed E-state index contributed by atoms with van der Waals surface area (Å²) in [6.07, 6.45) is 4.38. The summed E-state index contributed by atoms with van der Waals surface area (Å²) in [5.41, 5.74) is 0.740. The van der Waals surface area contributed by atoms with E-state index in [0.717, 1.165) is 25.7 Å². The van der Waals surface area contributed by atoms with Crippen LogP contribution in [0, 0.1) is 10.1 Å². The molecule has 19 heavy (non-hydrogen) atoms. The Bertz CT molecular complexity index is 496. The molecule has 1 aliphatic rings. The predicted octanol–water partition coefficient (Wildman–Crippen LogP) is 2.31. The highest BCUT2D eigenvalue weighted by molar-refractivity contribution is 5.95. The molecule has 0 aromatic heterocycles. The van der Waals surface area contributed by atoms with Gasteiger partial charge < -0.3 is 10.6 Å². The molecule has 6 heteroatoms. The summed E-state index contributed by atoms with van der Waals surface area (Å²) in [6, 6.07) is 4.82. The first-order chi connectivity index (χ1) is 9.11. The van der Waals surface area contributed by atoms with Crippen LogP contribution in [0.4, 0.5) is 11.4 Å². The SMILES string of the molecule is CNC(=O)c1ccc(NC2CCCC2)c([N+](=O)[O-])c1. The average molecular weight is 263 g/mol. The molecule has 1 aliphatic carbocycles. The summed E-state index contributed by atoms with van der Waals surface area (Å²) in [4.78, 5) is 22.1. The number of rotatable bonds is 4. The van der Waals surface area contributed by atoms with Crippen LogP contribution < -0.4 is 10.6 Å². The van der Waals surface area contributed by atoms with E-state index < -0.39 is 4.92 Å². The molecule has 0 unspecified atom stereocenters. The maximum absolute atomic E-state index is 11.5. The number of hydrogen-bond donors (Lipinski definition) is 2. The molecule has 0 radical (unpaired) electrons. The van der Waals surface area contributed by atoms with Crippen molar-refractivity contribution in [3.8, 4) is 0 Å². The lowest BCUT2D eigenvalue weighted by Gasteiger charge is -2.14. The van der Waals surface area contributed by atoms with Crippen molar-refractivity contribution in [2.75, 3.05) is 12.4 Å². The Morgan fingerprint density at radius 1 is 1.37 bits per heavy atom. The largest absolute Gasteiger partial charge is 0.377 e. The molecule has 6 nitrogen and oxygen atoms in total. The molecule has 0 aliphatic heterocycles. The van der Waals surface area contributed by atoms with Crippen molar-refractivity contribution in [3.05, 3.63) is 33.9 Å². The lowest BCUT2D eigenvalue weighted by molar-refractivity contribution is -0.384. The van der Waals surface area contributed by atoms with E-state index in [0.29, 0.717) is 17.3 Å². The van der Waals surface area contributed by atoms with Crippen molar-refractivity contribution >= 4 is 17.3 Å². The second kappa shape index (κ2) is 5.69. The third-order valence-electron chi connectivity index (χ3n) is 3.40. The molecular weight excluding hydrogens is 246 g/mol. The Labute approximate surface area is 111 Å². The monoisotopic (exact) mass is 263 g/mol. The van der Waals surface area contributed by atoms with Gasteiger partial charge in [-0.2, -0.15) is 0 Å². The number of anilines is 1. The highest BCUT2D eigenvalue weighted by atomic mass is 16.6. The van der Waals surface area contributed by atoms with Crippen LogP contribution >= 0.6 is 0 Å². The summed E-state index contributed by atoms with van der Waals surface area (Å²) in [5, 5.41) is 16.8. The van der Waals surface area contributed by atoms with E-state index >= 15 is 0 Å². The Hall–Kier alpha value is -2.11. The number of nitrogens with zero attached hydrogens (tertiary/aromatic N) is 1. The van der Waals surface area contributed by atoms with E-state index in [4.69, 9.17) is 0 Å². The molecule has 1 saturated carbocycles. The van der Waals surface area contributed by atoms with E-state index in [2.05, 4.69) is 10.6 Å². The van der Waals surface area contributed by atoms with Crippen LogP contribution in [0.25, 0.3) is 0 Å². The molecule has 1 amide bonds. The Morgan fingerprint density at radius 2 is 2.05 bits per heavy atom. The molecule has 0 saturated heterocycles. The van der Waals surface area contributed by atoms with Crippen molar-refractivity contribution in [3.63, 3.8) is 0 Å². The summed E-state index contributed by atoms with van der Waals surface area (Å²) < 4.78 is 0. The fourth-order valence-corrected chi connectivity index (χ4v) is 2.38. The summed E-state index contributed by atoms with van der Waals surface area (Å²) in [7, 11) is 1.50. The zero-order chi connectivity index (χ0) is 13.8. The van der Waals surface area contributed by atoms with Gasteiger partial charge in [-0.15, -0.1) is 0 Å². The van der Waals surface area contributed by atoms with Crippen LogP contribution in [0.3, 0.4) is 0 Å². The minimum Gasteiger partial charge on any atom is -0.377 e. The Kier molecular flexibility index (Phi) is 3.99. The molecule has 1 aromatic carbocycles. The summed E-state index contributed by atoms with van der Waals surface area (Å²) >= 11 is 0. The number of amides is 1. The maximum Gasteiger partial charge on any atom is 0.293 e. The number of carbonyl (C=O) groups is 1. The highest BCUT2D eigenvalue weighted by Gasteiger charge is 2.21. The normalized spacial score (nSPS) is 15.2. The zero-order valence-electron chi connectivity index (χ0n) is 10.8. The topological polar surface area (TPSA) is 84.3 Å². The maximum atomic E-state index is 11.5. The molecule has 2 rings (SSSR count). The van der Waals surface area contributed by atoms with Crippen LogP contribution in [0.2, 0.25) is 0 Å². The average Bonchev–Trinajstić information content (AvgIpc) is 2.91. The van der Waals surface area contributed by atoms with E-state index in [1.165, 1.54) is 13.1 Å². The lowest BCUT2D eigenvalue weighted by atomic mass is 10.1. The summed E-state index contributed by atoms with van der Waals surface area (Å²) in [5.74, 6) is -0.324. The fourth-order valence-electron chi connectivity index (χ4n) is 2.38. The number of benzene rings is 1. The number of nitrogens with one attached hydrogen (secondary N) is 2. The minimum absolute atomic E-state index is 0.0481. The molecule has 1 aromatic rings. The molecular formula is C13H17N3O3. The predicted molar refractivity (Wildman–Crippen MR) is 72.4 cm³/mol. The number of nitro groups is 1. The quantitative estimate of drug-likeness (QED) is 0.645. The molecule has 0 atom stereocenters. The molecule has 102 valence electrons. The highest BCUT2D eigenvalue weighted by Crippen LogP contribution is 2.29. The van der Waals surface area contributed by atoms with Crippen LogP contribution in [-0.2, 0) is 0 Å². The summed E-state index contributed by atoms with van der Waals surface area (Å²) in [6.45, 7) is 0. The number of hydrogen-bond acceptors (Lipinski definition) is 4. The smallest absolute Gasteiger partial charge is 0.293 e. The van der Waals surface area contributed by atoms with Gasteiger partial charge in [-0.25, -0.2) is 0 Å². The Balaban J connectivity index is 2.26. The standard InChI is InChI=1S/C13H17N3O3/c1-14-13(17)9-6-7-11(12(8-9)16(18)19)15-10-4-2-3-5-10/h6-8,10,15H,2-5H2,1H3,(H,14,17). The van der Waals surface area contributed by atoms with E-state index in [1.54, 1.807) is 12.1 Å². The number of nitro benzene ring substituents is 1. The molecule has 0 spiro atoms. The van der Waals surface area contributed by atoms with Gasteiger partial charge in [0.05, 0.1) is 4.92 Å². The van der Waals surface area contributed by atoms with Gasteiger partial charge in [0.15, 0.2) is 0 Å². The van der Waals surface area contributed by atoms with Crippen LogP contribution in [-0.4, -0.2) is 23.9 Å². The van der Waals surface area contributed by atoms with Gasteiger partial charge in [0, 0.05) is 24.7 Å². The first-order valence-electron chi connectivity index (χ1n) is 6.39.